The summed E-state index contributed by atoms with van der Waals surface area (Å²) in [6, 6.07) is 19.5. The summed E-state index contributed by atoms with van der Waals surface area (Å²) in [6.45, 7) is 0.455. The van der Waals surface area contributed by atoms with E-state index < -0.39 is 5.91 Å². The van der Waals surface area contributed by atoms with Crippen LogP contribution in [0.25, 0.3) is 6.08 Å². The SMILES string of the molecule is C#CCOc1c(Br)cc(/C=C(\C#N)C(=O)Nc2ccc(OCc3ccc(Cl)cc3)cc2)cc1OC. The Kier molecular flexibility index (Phi) is 9.20. The summed E-state index contributed by atoms with van der Waals surface area (Å²) in [7, 11) is 1.48. The molecule has 0 saturated carbocycles. The minimum absolute atomic E-state index is 0.0704. The summed E-state index contributed by atoms with van der Waals surface area (Å²) in [4.78, 5) is 12.7. The number of rotatable bonds is 9. The second kappa shape index (κ2) is 12.5. The number of hydrogen-bond acceptors (Lipinski definition) is 5. The molecule has 0 aliphatic rings. The first-order valence-electron chi connectivity index (χ1n) is 10.3. The lowest BCUT2D eigenvalue weighted by Gasteiger charge is -2.12. The molecule has 35 heavy (non-hydrogen) atoms. The van der Waals surface area contributed by atoms with Crippen molar-refractivity contribution >= 4 is 45.2 Å². The van der Waals surface area contributed by atoms with E-state index in [1.807, 2.05) is 18.2 Å². The third-order valence-corrected chi connectivity index (χ3v) is 5.50. The molecule has 8 heteroatoms. The Bertz CT molecular complexity index is 1310. The van der Waals surface area contributed by atoms with Crippen LogP contribution in [-0.2, 0) is 11.4 Å². The van der Waals surface area contributed by atoms with E-state index in [2.05, 4.69) is 27.2 Å². The summed E-state index contributed by atoms with van der Waals surface area (Å²) in [5.41, 5.74) is 1.99. The molecule has 0 atom stereocenters. The Balaban J connectivity index is 1.68. The van der Waals surface area contributed by atoms with Crippen LogP contribution in [0.5, 0.6) is 17.2 Å². The largest absolute Gasteiger partial charge is 0.493 e. The van der Waals surface area contributed by atoms with E-state index in [0.29, 0.717) is 44.6 Å². The molecule has 0 aromatic heterocycles. The summed E-state index contributed by atoms with van der Waals surface area (Å²) in [5, 5.41) is 12.9. The summed E-state index contributed by atoms with van der Waals surface area (Å²) < 4.78 is 17.2. The number of nitrogens with zero attached hydrogens (tertiary/aromatic N) is 1. The molecular formula is C27H20BrClN2O4. The van der Waals surface area contributed by atoms with Gasteiger partial charge in [0.1, 0.15) is 30.6 Å². The average molecular weight is 552 g/mol. The Labute approximate surface area is 217 Å². The van der Waals surface area contributed by atoms with E-state index in [-0.39, 0.29) is 12.2 Å². The lowest BCUT2D eigenvalue weighted by atomic mass is 10.1. The van der Waals surface area contributed by atoms with Gasteiger partial charge in [-0.15, -0.1) is 6.42 Å². The summed E-state index contributed by atoms with van der Waals surface area (Å²) in [5.74, 6) is 3.32. The predicted molar refractivity (Wildman–Crippen MR) is 139 cm³/mol. The van der Waals surface area contributed by atoms with Crippen molar-refractivity contribution in [2.45, 2.75) is 6.61 Å². The quantitative estimate of drug-likeness (QED) is 0.193. The molecule has 0 heterocycles. The highest BCUT2D eigenvalue weighted by Crippen LogP contribution is 2.37. The van der Waals surface area contributed by atoms with Gasteiger partial charge in [0.05, 0.1) is 11.6 Å². The number of nitrogens with one attached hydrogen (secondary N) is 1. The zero-order chi connectivity index (χ0) is 25.2. The number of amides is 1. The standard InChI is InChI=1S/C27H20BrClN2O4/c1-3-12-34-26-24(28)14-19(15-25(26)33-2)13-20(16-30)27(32)31-22-8-10-23(11-9-22)35-17-18-4-6-21(29)7-5-18/h1,4-11,13-15H,12,17H2,2H3,(H,31,32)/b20-13+. The highest BCUT2D eigenvalue weighted by Gasteiger charge is 2.14. The van der Waals surface area contributed by atoms with Gasteiger partial charge in [-0.3, -0.25) is 4.79 Å². The van der Waals surface area contributed by atoms with Crippen molar-refractivity contribution in [3.05, 3.63) is 86.9 Å². The first-order chi connectivity index (χ1) is 16.9. The Hall–Kier alpha value is -3.91. The van der Waals surface area contributed by atoms with Crippen molar-refractivity contribution in [3.63, 3.8) is 0 Å². The summed E-state index contributed by atoms with van der Waals surface area (Å²) in [6.07, 6.45) is 6.70. The first-order valence-corrected chi connectivity index (χ1v) is 11.4. The zero-order valence-corrected chi connectivity index (χ0v) is 21.0. The molecule has 1 N–H and O–H groups in total. The number of nitriles is 1. The van der Waals surface area contributed by atoms with E-state index >= 15 is 0 Å². The second-order valence-corrected chi connectivity index (χ2v) is 8.38. The van der Waals surface area contributed by atoms with Crippen LogP contribution in [0.4, 0.5) is 5.69 Å². The lowest BCUT2D eigenvalue weighted by Crippen LogP contribution is -2.13. The van der Waals surface area contributed by atoms with Gasteiger partial charge in [-0.1, -0.05) is 29.7 Å². The predicted octanol–water partition coefficient (Wildman–Crippen LogP) is 6.25. The van der Waals surface area contributed by atoms with Crippen LogP contribution in [0.2, 0.25) is 5.02 Å². The van der Waals surface area contributed by atoms with Crippen molar-refractivity contribution in [2.24, 2.45) is 0 Å². The molecule has 0 aliphatic heterocycles. The molecule has 3 rings (SSSR count). The number of hydrogen-bond donors (Lipinski definition) is 1. The highest BCUT2D eigenvalue weighted by atomic mass is 79.9. The molecule has 0 aliphatic carbocycles. The van der Waals surface area contributed by atoms with Crippen molar-refractivity contribution in [1.29, 1.82) is 5.26 Å². The van der Waals surface area contributed by atoms with Crippen LogP contribution in [-0.4, -0.2) is 19.6 Å². The minimum atomic E-state index is -0.551. The van der Waals surface area contributed by atoms with Gasteiger partial charge in [-0.25, -0.2) is 0 Å². The smallest absolute Gasteiger partial charge is 0.266 e. The van der Waals surface area contributed by atoms with E-state index in [0.717, 1.165) is 5.56 Å². The van der Waals surface area contributed by atoms with Gasteiger partial charge < -0.3 is 19.5 Å². The second-order valence-electron chi connectivity index (χ2n) is 7.09. The van der Waals surface area contributed by atoms with Crippen LogP contribution >= 0.6 is 27.5 Å². The fourth-order valence-electron chi connectivity index (χ4n) is 2.97. The van der Waals surface area contributed by atoms with Crippen molar-refractivity contribution in [2.75, 3.05) is 19.0 Å². The Morgan fingerprint density at radius 1 is 1.14 bits per heavy atom. The average Bonchev–Trinajstić information content (AvgIpc) is 2.86. The molecule has 0 unspecified atom stereocenters. The van der Waals surface area contributed by atoms with Gasteiger partial charge in [-0.2, -0.15) is 5.26 Å². The van der Waals surface area contributed by atoms with Crippen molar-refractivity contribution in [3.8, 4) is 35.7 Å². The molecular weight excluding hydrogens is 532 g/mol. The molecule has 6 nitrogen and oxygen atoms in total. The minimum Gasteiger partial charge on any atom is -0.493 e. The van der Waals surface area contributed by atoms with E-state index in [9.17, 15) is 10.1 Å². The topological polar surface area (TPSA) is 80.6 Å². The number of carbonyl (C=O) groups excluding carboxylic acids is 1. The van der Waals surface area contributed by atoms with E-state index in [4.69, 9.17) is 32.2 Å². The molecule has 0 spiro atoms. The third kappa shape index (κ3) is 7.28. The van der Waals surface area contributed by atoms with E-state index in [1.54, 1.807) is 48.5 Å². The Morgan fingerprint density at radius 3 is 2.49 bits per heavy atom. The summed E-state index contributed by atoms with van der Waals surface area (Å²) >= 11 is 9.30. The molecule has 0 radical (unpaired) electrons. The van der Waals surface area contributed by atoms with Gasteiger partial charge in [0.15, 0.2) is 11.5 Å². The highest BCUT2D eigenvalue weighted by molar-refractivity contribution is 9.10. The molecule has 176 valence electrons. The van der Waals surface area contributed by atoms with Crippen molar-refractivity contribution in [1.82, 2.24) is 0 Å². The van der Waals surface area contributed by atoms with E-state index in [1.165, 1.54) is 13.2 Å². The number of anilines is 1. The number of ether oxygens (including phenoxy) is 3. The molecule has 1 amide bonds. The third-order valence-electron chi connectivity index (χ3n) is 4.66. The number of carbonyl (C=O) groups is 1. The molecule has 0 fully saturated rings. The zero-order valence-electron chi connectivity index (χ0n) is 18.7. The maximum atomic E-state index is 12.7. The monoisotopic (exact) mass is 550 g/mol. The fraction of sp³-hybridized carbons (Fsp3) is 0.111. The van der Waals surface area contributed by atoms with Gasteiger partial charge in [-0.05, 0) is 81.7 Å². The maximum absolute atomic E-state index is 12.7. The first kappa shape index (κ1) is 25.7. The van der Waals surface area contributed by atoms with Crippen LogP contribution in [0, 0.1) is 23.7 Å². The number of halogens is 2. The number of methoxy groups -OCH3 is 1. The van der Waals surface area contributed by atoms with Gasteiger partial charge in [0, 0.05) is 10.7 Å². The number of terminal acetylenes is 1. The fourth-order valence-corrected chi connectivity index (χ4v) is 3.67. The number of benzene rings is 3. The van der Waals surface area contributed by atoms with Crippen molar-refractivity contribution < 1.29 is 19.0 Å². The van der Waals surface area contributed by atoms with Gasteiger partial charge >= 0.3 is 0 Å². The van der Waals surface area contributed by atoms with Crippen LogP contribution in [0.1, 0.15) is 11.1 Å². The van der Waals surface area contributed by atoms with Crippen LogP contribution < -0.4 is 19.5 Å². The molecule has 0 bridgehead atoms. The molecule has 3 aromatic rings. The van der Waals surface area contributed by atoms with Gasteiger partial charge in [0.25, 0.3) is 5.91 Å². The maximum Gasteiger partial charge on any atom is 0.266 e. The van der Waals surface area contributed by atoms with Crippen LogP contribution in [0.3, 0.4) is 0 Å². The lowest BCUT2D eigenvalue weighted by molar-refractivity contribution is -0.112. The normalized spacial score (nSPS) is 10.6. The molecule has 0 saturated heterocycles. The Morgan fingerprint density at radius 2 is 1.86 bits per heavy atom. The van der Waals surface area contributed by atoms with Gasteiger partial charge in [0.2, 0.25) is 0 Å². The van der Waals surface area contributed by atoms with Crippen LogP contribution in [0.15, 0.2) is 70.7 Å². The molecule has 3 aromatic carbocycles.